The summed E-state index contributed by atoms with van der Waals surface area (Å²) in [5, 5.41) is 13.6. The predicted molar refractivity (Wildman–Crippen MR) is 93.3 cm³/mol. The molecule has 1 aromatic carbocycles. The average molecular weight is 367 g/mol. The fourth-order valence-corrected chi connectivity index (χ4v) is 3.63. The number of rotatable bonds is 6. The molecule has 25 heavy (non-hydrogen) atoms. The summed E-state index contributed by atoms with van der Waals surface area (Å²) in [6.45, 7) is 1.85. The molecule has 7 heteroatoms. The van der Waals surface area contributed by atoms with E-state index in [4.69, 9.17) is 16.3 Å². The Hall–Kier alpha value is -1.63. The molecule has 2 fully saturated rings. The lowest BCUT2D eigenvalue weighted by Crippen LogP contribution is -2.45. The third kappa shape index (κ3) is 3.81. The van der Waals surface area contributed by atoms with Gasteiger partial charge in [-0.15, -0.1) is 0 Å². The molecular formula is C18H23ClN2O4. The molecule has 3 rings (SSSR count). The molecule has 0 aromatic heterocycles. The molecule has 1 saturated carbocycles. The van der Waals surface area contributed by atoms with Crippen molar-refractivity contribution in [2.75, 3.05) is 13.2 Å². The zero-order valence-corrected chi connectivity index (χ0v) is 15.0. The zero-order valence-electron chi connectivity index (χ0n) is 14.2. The van der Waals surface area contributed by atoms with Gasteiger partial charge in [0, 0.05) is 5.02 Å². The van der Waals surface area contributed by atoms with E-state index in [9.17, 15) is 14.7 Å². The number of carbonyl (C=O) groups excluding carboxylic acids is 2. The molecule has 2 aliphatic rings. The number of β-amino-alcohol motifs (C(OH)–C–C–N with tert-alkyl or cyclic N) is 1. The van der Waals surface area contributed by atoms with Gasteiger partial charge in [-0.1, -0.05) is 36.6 Å². The molecule has 0 bridgehead atoms. The Balaban J connectivity index is 1.52. The lowest BCUT2D eigenvalue weighted by Gasteiger charge is -2.22. The maximum atomic E-state index is 12.5. The van der Waals surface area contributed by atoms with Crippen LogP contribution in [0.15, 0.2) is 24.3 Å². The summed E-state index contributed by atoms with van der Waals surface area (Å²) in [4.78, 5) is 25.8. The summed E-state index contributed by atoms with van der Waals surface area (Å²) in [6, 6.07) is 6.86. The van der Waals surface area contributed by atoms with Crippen molar-refractivity contribution in [1.29, 1.82) is 0 Å². The van der Waals surface area contributed by atoms with Crippen molar-refractivity contribution in [1.82, 2.24) is 10.2 Å². The number of aliphatic hydroxyl groups is 1. The lowest BCUT2D eigenvalue weighted by molar-refractivity contribution is -0.132. The van der Waals surface area contributed by atoms with Gasteiger partial charge in [0.15, 0.2) is 0 Å². The summed E-state index contributed by atoms with van der Waals surface area (Å²) in [7, 11) is 0. The Morgan fingerprint density at radius 2 is 1.92 bits per heavy atom. The number of hydrogen-bond acceptors (Lipinski definition) is 4. The molecule has 1 saturated heterocycles. The normalized spacial score (nSPS) is 21.6. The molecule has 1 aliphatic heterocycles. The standard InChI is InChI=1S/C18H23ClN2O4/c1-12(13-4-6-14(19)7-5-13)25-11-15(22)10-21-16(23)18(20-17(21)24)8-2-3-9-18/h4-7,12,15,22H,2-3,8-11H2,1H3,(H,20,24). The van der Waals surface area contributed by atoms with E-state index >= 15 is 0 Å². The summed E-state index contributed by atoms with van der Waals surface area (Å²) >= 11 is 5.86. The minimum Gasteiger partial charge on any atom is -0.389 e. The molecule has 3 amide bonds. The second-order valence-corrected chi connectivity index (χ2v) is 7.25. The number of halogens is 1. The first-order valence-corrected chi connectivity index (χ1v) is 8.98. The Kier molecular flexibility index (Phi) is 5.32. The van der Waals surface area contributed by atoms with Crippen LogP contribution in [0.1, 0.15) is 44.3 Å². The largest absolute Gasteiger partial charge is 0.389 e. The van der Waals surface area contributed by atoms with Gasteiger partial charge in [-0.25, -0.2) is 4.79 Å². The molecular weight excluding hydrogens is 344 g/mol. The predicted octanol–water partition coefficient (Wildman–Crippen LogP) is 2.64. The number of benzene rings is 1. The first-order valence-electron chi connectivity index (χ1n) is 8.60. The zero-order chi connectivity index (χ0) is 18.0. The highest BCUT2D eigenvalue weighted by Gasteiger charge is 2.52. The van der Waals surface area contributed by atoms with Crippen LogP contribution in [0.4, 0.5) is 4.79 Å². The quantitative estimate of drug-likeness (QED) is 0.758. The summed E-state index contributed by atoms with van der Waals surface area (Å²) < 4.78 is 5.66. The molecule has 136 valence electrons. The monoisotopic (exact) mass is 366 g/mol. The molecule has 1 heterocycles. The van der Waals surface area contributed by atoms with Crippen molar-refractivity contribution >= 4 is 23.5 Å². The summed E-state index contributed by atoms with van der Waals surface area (Å²) in [6.07, 6.45) is 2.06. The molecule has 6 nitrogen and oxygen atoms in total. The Morgan fingerprint density at radius 3 is 2.56 bits per heavy atom. The molecule has 2 N–H and O–H groups in total. The number of imide groups is 1. The van der Waals surface area contributed by atoms with E-state index in [1.807, 2.05) is 19.1 Å². The van der Waals surface area contributed by atoms with Crippen molar-refractivity contribution in [2.24, 2.45) is 0 Å². The van der Waals surface area contributed by atoms with Crippen molar-refractivity contribution < 1.29 is 19.4 Å². The van der Waals surface area contributed by atoms with Gasteiger partial charge in [0.05, 0.1) is 25.4 Å². The Bertz CT molecular complexity index is 643. The van der Waals surface area contributed by atoms with E-state index in [-0.39, 0.29) is 25.2 Å². The fraction of sp³-hybridized carbons (Fsp3) is 0.556. The van der Waals surface area contributed by atoms with Crippen LogP contribution in [0.25, 0.3) is 0 Å². The molecule has 1 aromatic rings. The first-order chi connectivity index (χ1) is 11.9. The minimum atomic E-state index is -0.930. The van der Waals surface area contributed by atoms with Crippen molar-refractivity contribution in [2.45, 2.75) is 50.4 Å². The Morgan fingerprint density at radius 1 is 1.28 bits per heavy atom. The summed E-state index contributed by atoms with van der Waals surface area (Å²) in [5.41, 5.74) is 0.199. The second-order valence-electron chi connectivity index (χ2n) is 6.82. The number of aliphatic hydroxyl groups excluding tert-OH is 1. The van der Waals surface area contributed by atoms with Gasteiger partial charge in [0.25, 0.3) is 5.91 Å². The highest BCUT2D eigenvalue weighted by Crippen LogP contribution is 2.35. The van der Waals surface area contributed by atoms with Gasteiger partial charge in [-0.05, 0) is 37.5 Å². The molecule has 1 spiro atoms. The number of ether oxygens (including phenoxy) is 1. The van der Waals surface area contributed by atoms with Crippen LogP contribution in [0.3, 0.4) is 0 Å². The van der Waals surface area contributed by atoms with Gasteiger partial charge in [0.1, 0.15) is 5.54 Å². The van der Waals surface area contributed by atoms with Crippen LogP contribution in [0.5, 0.6) is 0 Å². The number of urea groups is 1. The molecule has 2 atom stereocenters. The molecule has 0 radical (unpaired) electrons. The van der Waals surface area contributed by atoms with Gasteiger partial charge < -0.3 is 15.2 Å². The molecule has 1 aliphatic carbocycles. The number of hydrogen-bond donors (Lipinski definition) is 2. The number of nitrogens with zero attached hydrogens (tertiary/aromatic N) is 1. The van der Waals surface area contributed by atoms with Crippen LogP contribution >= 0.6 is 11.6 Å². The van der Waals surface area contributed by atoms with Crippen molar-refractivity contribution in [3.63, 3.8) is 0 Å². The highest BCUT2D eigenvalue weighted by molar-refractivity contribution is 6.30. The SMILES string of the molecule is CC(OCC(O)CN1C(=O)NC2(CCCC2)C1=O)c1ccc(Cl)cc1. The third-order valence-corrected chi connectivity index (χ3v) is 5.23. The van der Waals surface area contributed by atoms with Crippen LogP contribution < -0.4 is 5.32 Å². The van der Waals surface area contributed by atoms with Crippen LogP contribution in [-0.2, 0) is 9.53 Å². The third-order valence-electron chi connectivity index (χ3n) is 4.97. The first kappa shape index (κ1) is 18.2. The topological polar surface area (TPSA) is 78.9 Å². The van der Waals surface area contributed by atoms with Crippen LogP contribution in [-0.4, -0.2) is 46.7 Å². The van der Waals surface area contributed by atoms with E-state index in [0.29, 0.717) is 17.9 Å². The minimum absolute atomic E-state index is 0.0356. The lowest BCUT2D eigenvalue weighted by atomic mass is 9.98. The van der Waals surface area contributed by atoms with Crippen LogP contribution in [0, 0.1) is 0 Å². The van der Waals surface area contributed by atoms with Crippen LogP contribution in [0.2, 0.25) is 5.02 Å². The van der Waals surface area contributed by atoms with Gasteiger partial charge >= 0.3 is 6.03 Å². The van der Waals surface area contributed by atoms with Crippen molar-refractivity contribution in [3.8, 4) is 0 Å². The maximum Gasteiger partial charge on any atom is 0.325 e. The molecule has 2 unspecified atom stereocenters. The van der Waals surface area contributed by atoms with E-state index < -0.39 is 17.7 Å². The fourth-order valence-electron chi connectivity index (χ4n) is 3.51. The van der Waals surface area contributed by atoms with E-state index in [1.165, 1.54) is 0 Å². The summed E-state index contributed by atoms with van der Waals surface area (Å²) in [5.74, 6) is -0.222. The van der Waals surface area contributed by atoms with Gasteiger partial charge in [0.2, 0.25) is 0 Å². The maximum absolute atomic E-state index is 12.5. The van der Waals surface area contributed by atoms with Gasteiger partial charge in [-0.3, -0.25) is 9.69 Å². The Labute approximate surface area is 152 Å². The number of amides is 3. The van der Waals surface area contributed by atoms with E-state index in [1.54, 1.807) is 12.1 Å². The number of nitrogens with one attached hydrogen (secondary N) is 1. The number of carbonyl (C=O) groups is 2. The highest BCUT2D eigenvalue weighted by atomic mass is 35.5. The average Bonchev–Trinajstić information content (AvgIpc) is 3.14. The smallest absolute Gasteiger partial charge is 0.325 e. The van der Waals surface area contributed by atoms with Crippen molar-refractivity contribution in [3.05, 3.63) is 34.9 Å². The second kappa shape index (κ2) is 7.32. The van der Waals surface area contributed by atoms with Gasteiger partial charge in [-0.2, -0.15) is 0 Å². The van der Waals surface area contributed by atoms with E-state index in [0.717, 1.165) is 23.3 Å². The van der Waals surface area contributed by atoms with E-state index in [2.05, 4.69) is 5.32 Å².